The van der Waals surface area contributed by atoms with E-state index in [2.05, 4.69) is 10.3 Å². The highest BCUT2D eigenvalue weighted by molar-refractivity contribution is 7.09. The molecule has 0 aliphatic rings. The number of amides is 1. The van der Waals surface area contributed by atoms with Gasteiger partial charge >= 0.3 is 0 Å². The van der Waals surface area contributed by atoms with Crippen molar-refractivity contribution in [1.29, 1.82) is 0 Å². The summed E-state index contributed by atoms with van der Waals surface area (Å²) in [6.07, 6.45) is 1.69. The van der Waals surface area contributed by atoms with Gasteiger partial charge in [-0.3, -0.25) is 4.79 Å². The topological polar surface area (TPSA) is 62.2 Å². The summed E-state index contributed by atoms with van der Waals surface area (Å²) in [4.78, 5) is 15.8. The van der Waals surface area contributed by atoms with E-state index in [-0.39, 0.29) is 17.2 Å². The molecule has 0 aliphatic carbocycles. The first-order valence-electron chi connectivity index (χ1n) is 5.13. The van der Waals surface area contributed by atoms with Gasteiger partial charge in [0, 0.05) is 11.6 Å². The maximum Gasteiger partial charge on any atom is 0.255 e. The molecule has 0 bridgehead atoms. The number of carbonyl (C=O) groups excluding carboxylic acids is 1. The van der Waals surface area contributed by atoms with Crippen molar-refractivity contribution in [2.75, 3.05) is 0 Å². The van der Waals surface area contributed by atoms with Crippen molar-refractivity contribution in [1.82, 2.24) is 10.3 Å². The van der Waals surface area contributed by atoms with Crippen LogP contribution in [0.4, 0.5) is 0 Å². The zero-order chi connectivity index (χ0) is 12.3. The van der Waals surface area contributed by atoms with Crippen LogP contribution < -0.4 is 5.32 Å². The first-order valence-corrected chi connectivity index (χ1v) is 6.01. The van der Waals surface area contributed by atoms with E-state index in [4.69, 9.17) is 0 Å². The van der Waals surface area contributed by atoms with Crippen molar-refractivity contribution in [3.05, 3.63) is 45.9 Å². The number of thiazole rings is 1. The SMILES string of the molecule is Cc1ccc(C(=O)NCc2nccs2)c(O)c1. The Hall–Kier alpha value is -1.88. The van der Waals surface area contributed by atoms with Gasteiger partial charge in [0.1, 0.15) is 10.8 Å². The average molecular weight is 248 g/mol. The van der Waals surface area contributed by atoms with E-state index >= 15 is 0 Å². The predicted molar refractivity (Wildman–Crippen MR) is 66.1 cm³/mol. The number of hydrogen-bond donors (Lipinski definition) is 2. The van der Waals surface area contributed by atoms with Crippen LogP contribution >= 0.6 is 11.3 Å². The number of aryl methyl sites for hydroxylation is 1. The number of nitrogens with one attached hydrogen (secondary N) is 1. The molecule has 0 saturated heterocycles. The van der Waals surface area contributed by atoms with Crippen molar-refractivity contribution < 1.29 is 9.90 Å². The van der Waals surface area contributed by atoms with Gasteiger partial charge in [-0.25, -0.2) is 4.98 Å². The summed E-state index contributed by atoms with van der Waals surface area (Å²) in [6, 6.07) is 4.97. The second-order valence-corrected chi connectivity index (χ2v) is 4.61. The molecular formula is C12H12N2O2S. The fourth-order valence-corrected chi connectivity index (χ4v) is 1.98. The zero-order valence-corrected chi connectivity index (χ0v) is 10.1. The first-order chi connectivity index (χ1) is 8.16. The molecule has 0 atom stereocenters. The Morgan fingerprint density at radius 3 is 3.00 bits per heavy atom. The van der Waals surface area contributed by atoms with Crippen molar-refractivity contribution in [3.8, 4) is 5.75 Å². The molecule has 0 aliphatic heterocycles. The number of nitrogens with zero attached hydrogens (tertiary/aromatic N) is 1. The molecule has 4 nitrogen and oxygen atoms in total. The minimum absolute atomic E-state index is 0.00152. The summed E-state index contributed by atoms with van der Waals surface area (Å²) in [7, 11) is 0. The van der Waals surface area contributed by atoms with Gasteiger partial charge in [-0.05, 0) is 24.6 Å². The van der Waals surface area contributed by atoms with E-state index in [1.807, 2.05) is 12.3 Å². The van der Waals surface area contributed by atoms with Crippen LogP contribution in [-0.2, 0) is 6.54 Å². The van der Waals surface area contributed by atoms with Gasteiger partial charge in [-0.2, -0.15) is 0 Å². The Kier molecular flexibility index (Phi) is 3.39. The third-order valence-corrected chi connectivity index (χ3v) is 3.06. The van der Waals surface area contributed by atoms with E-state index in [0.717, 1.165) is 10.6 Å². The summed E-state index contributed by atoms with van der Waals surface area (Å²) < 4.78 is 0. The summed E-state index contributed by atoms with van der Waals surface area (Å²) in [6.45, 7) is 2.24. The van der Waals surface area contributed by atoms with E-state index < -0.39 is 0 Å². The van der Waals surface area contributed by atoms with E-state index in [9.17, 15) is 9.90 Å². The molecule has 1 amide bonds. The van der Waals surface area contributed by atoms with Crippen molar-refractivity contribution in [2.45, 2.75) is 13.5 Å². The first kappa shape index (κ1) is 11.6. The van der Waals surface area contributed by atoms with Crippen LogP contribution in [0.3, 0.4) is 0 Å². The number of benzene rings is 1. The Balaban J connectivity index is 2.04. The largest absolute Gasteiger partial charge is 0.507 e. The molecule has 17 heavy (non-hydrogen) atoms. The second-order valence-electron chi connectivity index (χ2n) is 3.63. The van der Waals surface area contributed by atoms with E-state index in [1.165, 1.54) is 11.3 Å². The van der Waals surface area contributed by atoms with Crippen molar-refractivity contribution >= 4 is 17.2 Å². The molecule has 2 N–H and O–H groups in total. The summed E-state index contributed by atoms with van der Waals surface area (Å²) in [5, 5.41) is 15.0. The molecule has 0 fully saturated rings. The predicted octanol–water partition coefficient (Wildman–Crippen LogP) is 2.09. The van der Waals surface area contributed by atoms with Crippen LogP contribution in [0.25, 0.3) is 0 Å². The molecule has 88 valence electrons. The molecular weight excluding hydrogens is 236 g/mol. The minimum Gasteiger partial charge on any atom is -0.507 e. The fourth-order valence-electron chi connectivity index (χ4n) is 1.43. The maximum absolute atomic E-state index is 11.8. The standard InChI is InChI=1S/C12H12N2O2S/c1-8-2-3-9(10(15)6-8)12(16)14-7-11-13-4-5-17-11/h2-6,15H,7H2,1H3,(H,14,16). The third-order valence-electron chi connectivity index (χ3n) is 2.28. The van der Waals surface area contributed by atoms with Gasteiger partial charge in [-0.1, -0.05) is 6.07 Å². The molecule has 0 spiro atoms. The quantitative estimate of drug-likeness (QED) is 0.874. The van der Waals surface area contributed by atoms with E-state index in [1.54, 1.807) is 24.4 Å². The van der Waals surface area contributed by atoms with Crippen molar-refractivity contribution in [2.24, 2.45) is 0 Å². The molecule has 1 aromatic carbocycles. The highest BCUT2D eigenvalue weighted by Crippen LogP contribution is 2.18. The number of phenolic OH excluding ortho intramolecular Hbond substituents is 1. The molecule has 0 saturated carbocycles. The smallest absolute Gasteiger partial charge is 0.255 e. The number of carbonyl (C=O) groups is 1. The molecule has 1 heterocycles. The van der Waals surface area contributed by atoms with Gasteiger partial charge < -0.3 is 10.4 Å². The van der Waals surface area contributed by atoms with Gasteiger partial charge in [0.25, 0.3) is 5.91 Å². The lowest BCUT2D eigenvalue weighted by atomic mass is 10.1. The second kappa shape index (κ2) is 4.97. The van der Waals surface area contributed by atoms with E-state index in [0.29, 0.717) is 6.54 Å². The fraction of sp³-hybridized carbons (Fsp3) is 0.167. The number of phenols is 1. The molecule has 0 radical (unpaired) electrons. The summed E-state index contributed by atoms with van der Waals surface area (Å²) >= 11 is 1.48. The highest BCUT2D eigenvalue weighted by Gasteiger charge is 2.10. The lowest BCUT2D eigenvalue weighted by molar-refractivity contribution is 0.0948. The van der Waals surface area contributed by atoms with Gasteiger partial charge in [0.2, 0.25) is 0 Å². The lowest BCUT2D eigenvalue weighted by Gasteiger charge is -2.05. The average Bonchev–Trinajstić information content (AvgIpc) is 2.78. The molecule has 1 aromatic heterocycles. The number of aromatic nitrogens is 1. The van der Waals surface area contributed by atoms with Gasteiger partial charge in [0.05, 0.1) is 12.1 Å². The third kappa shape index (κ3) is 2.82. The van der Waals surface area contributed by atoms with Crippen LogP contribution in [0.5, 0.6) is 5.75 Å². The van der Waals surface area contributed by atoms with Crippen molar-refractivity contribution in [3.63, 3.8) is 0 Å². The Morgan fingerprint density at radius 2 is 2.35 bits per heavy atom. The monoisotopic (exact) mass is 248 g/mol. The number of rotatable bonds is 3. The number of aromatic hydroxyl groups is 1. The minimum atomic E-state index is -0.294. The van der Waals surface area contributed by atoms with Crippen LogP contribution in [0, 0.1) is 6.92 Å². The van der Waals surface area contributed by atoms with Gasteiger partial charge in [-0.15, -0.1) is 11.3 Å². The van der Waals surface area contributed by atoms with Crippen LogP contribution in [-0.4, -0.2) is 16.0 Å². The molecule has 2 aromatic rings. The Morgan fingerprint density at radius 1 is 1.53 bits per heavy atom. The van der Waals surface area contributed by atoms with Crippen LogP contribution in [0.15, 0.2) is 29.8 Å². The molecule has 5 heteroatoms. The summed E-state index contributed by atoms with van der Waals surface area (Å²) in [5.74, 6) is -0.292. The number of hydrogen-bond acceptors (Lipinski definition) is 4. The normalized spacial score (nSPS) is 10.2. The van der Waals surface area contributed by atoms with Crippen LogP contribution in [0.1, 0.15) is 20.9 Å². The Labute approximate surface area is 103 Å². The summed E-state index contributed by atoms with van der Waals surface area (Å²) in [5.41, 5.74) is 1.20. The zero-order valence-electron chi connectivity index (χ0n) is 9.30. The molecule has 0 unspecified atom stereocenters. The Bertz CT molecular complexity index is 523. The lowest BCUT2D eigenvalue weighted by Crippen LogP contribution is -2.22. The van der Waals surface area contributed by atoms with Gasteiger partial charge in [0.15, 0.2) is 0 Å². The maximum atomic E-state index is 11.8. The van der Waals surface area contributed by atoms with Crippen LogP contribution in [0.2, 0.25) is 0 Å². The highest BCUT2D eigenvalue weighted by atomic mass is 32.1. The molecule has 2 rings (SSSR count).